The average Bonchev–Trinajstić information content (AvgIpc) is 3.23. The summed E-state index contributed by atoms with van der Waals surface area (Å²) in [7, 11) is 0. The maximum atomic E-state index is 12.9. The van der Waals surface area contributed by atoms with Gasteiger partial charge in [0.15, 0.2) is 0 Å². The number of halogens is 1. The normalized spacial score (nSPS) is 20.4. The van der Waals surface area contributed by atoms with Gasteiger partial charge in [-0.3, -0.25) is 4.79 Å². The van der Waals surface area contributed by atoms with Crippen LogP contribution in [0.25, 0.3) is 0 Å². The Bertz CT molecular complexity index is 642. The number of benzene rings is 2. The van der Waals surface area contributed by atoms with Crippen molar-refractivity contribution >= 4 is 17.3 Å². The molecule has 0 saturated heterocycles. The van der Waals surface area contributed by atoms with Crippen molar-refractivity contribution in [2.24, 2.45) is 5.92 Å². The zero-order chi connectivity index (χ0) is 14.1. The van der Waals surface area contributed by atoms with E-state index in [0.717, 1.165) is 6.42 Å². The van der Waals surface area contributed by atoms with Crippen LogP contribution in [0.5, 0.6) is 0 Å². The molecule has 0 heterocycles. The Morgan fingerprint density at radius 2 is 1.95 bits per heavy atom. The third-order valence-electron chi connectivity index (χ3n) is 3.63. The van der Waals surface area contributed by atoms with Crippen molar-refractivity contribution in [2.75, 3.05) is 11.1 Å². The molecule has 3 rings (SSSR count). The number of amides is 1. The second kappa shape index (κ2) is 4.96. The fraction of sp³-hybridized carbons (Fsp3) is 0.188. The van der Waals surface area contributed by atoms with E-state index in [4.69, 9.17) is 5.73 Å². The summed E-state index contributed by atoms with van der Waals surface area (Å²) in [4.78, 5) is 12.1. The van der Waals surface area contributed by atoms with Gasteiger partial charge in [0.1, 0.15) is 5.82 Å². The number of nitrogens with one attached hydrogen (secondary N) is 1. The fourth-order valence-corrected chi connectivity index (χ4v) is 2.43. The SMILES string of the molecule is Nc1cc(F)ccc1NC(=O)C1CC1c1ccccc1. The quantitative estimate of drug-likeness (QED) is 0.842. The van der Waals surface area contributed by atoms with E-state index in [2.05, 4.69) is 5.32 Å². The summed E-state index contributed by atoms with van der Waals surface area (Å²) in [5, 5.41) is 2.77. The molecule has 1 aliphatic carbocycles. The molecular formula is C16H15FN2O. The van der Waals surface area contributed by atoms with Crippen LogP contribution in [0.3, 0.4) is 0 Å². The summed E-state index contributed by atoms with van der Waals surface area (Å²) < 4.78 is 12.9. The van der Waals surface area contributed by atoms with E-state index in [1.54, 1.807) is 0 Å². The van der Waals surface area contributed by atoms with Crippen molar-refractivity contribution in [3.63, 3.8) is 0 Å². The van der Waals surface area contributed by atoms with E-state index in [1.807, 2.05) is 30.3 Å². The molecule has 1 amide bonds. The molecule has 2 unspecified atom stereocenters. The highest BCUT2D eigenvalue weighted by Gasteiger charge is 2.43. The van der Waals surface area contributed by atoms with Crippen LogP contribution < -0.4 is 11.1 Å². The van der Waals surface area contributed by atoms with Gasteiger partial charge in [-0.25, -0.2) is 4.39 Å². The Kier molecular flexibility index (Phi) is 3.14. The highest BCUT2D eigenvalue weighted by Crippen LogP contribution is 2.48. The summed E-state index contributed by atoms with van der Waals surface area (Å²) in [5.74, 6) is -0.217. The molecule has 0 bridgehead atoms. The van der Waals surface area contributed by atoms with E-state index in [0.29, 0.717) is 5.69 Å². The van der Waals surface area contributed by atoms with E-state index < -0.39 is 5.82 Å². The Morgan fingerprint density at radius 1 is 1.20 bits per heavy atom. The highest BCUT2D eigenvalue weighted by atomic mass is 19.1. The molecule has 2 aromatic carbocycles. The minimum atomic E-state index is -0.408. The Labute approximate surface area is 116 Å². The van der Waals surface area contributed by atoms with Gasteiger partial charge < -0.3 is 11.1 Å². The number of carbonyl (C=O) groups is 1. The Morgan fingerprint density at radius 3 is 2.65 bits per heavy atom. The van der Waals surface area contributed by atoms with Crippen LogP contribution in [0.4, 0.5) is 15.8 Å². The average molecular weight is 270 g/mol. The van der Waals surface area contributed by atoms with E-state index >= 15 is 0 Å². The lowest BCUT2D eigenvalue weighted by molar-refractivity contribution is -0.117. The zero-order valence-corrected chi connectivity index (χ0v) is 10.8. The molecule has 0 spiro atoms. The number of hydrogen-bond acceptors (Lipinski definition) is 2. The van der Waals surface area contributed by atoms with Crippen LogP contribution >= 0.6 is 0 Å². The van der Waals surface area contributed by atoms with Crippen LogP contribution in [0, 0.1) is 11.7 Å². The highest BCUT2D eigenvalue weighted by molar-refractivity contribution is 5.97. The monoisotopic (exact) mass is 270 g/mol. The van der Waals surface area contributed by atoms with Gasteiger partial charge in [0.25, 0.3) is 0 Å². The van der Waals surface area contributed by atoms with Gasteiger partial charge >= 0.3 is 0 Å². The number of nitrogen functional groups attached to an aromatic ring is 1. The largest absolute Gasteiger partial charge is 0.397 e. The maximum Gasteiger partial charge on any atom is 0.228 e. The van der Waals surface area contributed by atoms with Gasteiger partial charge in [-0.1, -0.05) is 30.3 Å². The van der Waals surface area contributed by atoms with E-state index in [9.17, 15) is 9.18 Å². The molecule has 2 atom stereocenters. The summed E-state index contributed by atoms with van der Waals surface area (Å²) in [6.45, 7) is 0. The predicted octanol–water partition coefficient (Wildman–Crippen LogP) is 3.15. The van der Waals surface area contributed by atoms with E-state index in [1.165, 1.54) is 23.8 Å². The molecule has 3 nitrogen and oxygen atoms in total. The standard InChI is InChI=1S/C16H15FN2O/c17-11-6-7-15(14(18)8-11)19-16(20)13-9-12(13)10-4-2-1-3-5-10/h1-8,12-13H,9,18H2,(H,19,20). The molecule has 20 heavy (non-hydrogen) atoms. The van der Waals surface area contributed by atoms with Crippen molar-refractivity contribution in [1.82, 2.24) is 0 Å². The van der Waals surface area contributed by atoms with Crippen LogP contribution in [-0.4, -0.2) is 5.91 Å². The summed E-state index contributed by atoms with van der Waals surface area (Å²) in [6.07, 6.45) is 0.844. The molecule has 1 aliphatic rings. The third-order valence-corrected chi connectivity index (χ3v) is 3.63. The maximum absolute atomic E-state index is 12.9. The minimum Gasteiger partial charge on any atom is -0.397 e. The molecule has 1 saturated carbocycles. The van der Waals surface area contributed by atoms with Crippen molar-refractivity contribution < 1.29 is 9.18 Å². The van der Waals surface area contributed by atoms with Crippen LogP contribution in [0.2, 0.25) is 0 Å². The van der Waals surface area contributed by atoms with Gasteiger partial charge in [0.2, 0.25) is 5.91 Å². The van der Waals surface area contributed by atoms with Crippen molar-refractivity contribution in [3.8, 4) is 0 Å². The molecule has 1 fully saturated rings. The lowest BCUT2D eigenvalue weighted by Gasteiger charge is -2.08. The minimum absolute atomic E-state index is 0.0261. The molecule has 4 heteroatoms. The number of carbonyl (C=O) groups excluding carboxylic acids is 1. The first kappa shape index (κ1) is 12.7. The topological polar surface area (TPSA) is 55.1 Å². The third kappa shape index (κ3) is 2.50. The van der Waals surface area contributed by atoms with Gasteiger partial charge in [0.05, 0.1) is 11.4 Å². The zero-order valence-electron chi connectivity index (χ0n) is 10.8. The Hall–Kier alpha value is -2.36. The van der Waals surface area contributed by atoms with Gasteiger partial charge in [-0.2, -0.15) is 0 Å². The van der Waals surface area contributed by atoms with Gasteiger partial charge in [0, 0.05) is 5.92 Å². The molecule has 0 radical (unpaired) electrons. The van der Waals surface area contributed by atoms with Crippen molar-refractivity contribution in [3.05, 3.63) is 59.9 Å². The second-order valence-electron chi connectivity index (χ2n) is 5.08. The van der Waals surface area contributed by atoms with Gasteiger partial charge in [-0.15, -0.1) is 0 Å². The number of rotatable bonds is 3. The number of hydrogen-bond donors (Lipinski definition) is 2. The van der Waals surface area contributed by atoms with Crippen LogP contribution in [0.15, 0.2) is 48.5 Å². The lowest BCUT2D eigenvalue weighted by Crippen LogP contribution is -2.15. The smallest absolute Gasteiger partial charge is 0.228 e. The molecule has 0 aromatic heterocycles. The fourth-order valence-electron chi connectivity index (χ4n) is 2.43. The molecule has 3 N–H and O–H groups in total. The van der Waals surface area contributed by atoms with Crippen LogP contribution in [-0.2, 0) is 4.79 Å². The second-order valence-corrected chi connectivity index (χ2v) is 5.08. The van der Waals surface area contributed by atoms with Gasteiger partial charge in [-0.05, 0) is 36.1 Å². The predicted molar refractivity (Wildman–Crippen MR) is 76.7 cm³/mol. The van der Waals surface area contributed by atoms with E-state index in [-0.39, 0.29) is 23.4 Å². The summed E-state index contributed by atoms with van der Waals surface area (Å²) in [5.41, 5.74) is 7.57. The van der Waals surface area contributed by atoms with Crippen LogP contribution in [0.1, 0.15) is 17.9 Å². The van der Waals surface area contributed by atoms with Crippen molar-refractivity contribution in [1.29, 1.82) is 0 Å². The molecular weight excluding hydrogens is 255 g/mol. The van der Waals surface area contributed by atoms with Crippen molar-refractivity contribution in [2.45, 2.75) is 12.3 Å². The molecule has 2 aromatic rings. The molecule has 102 valence electrons. The first-order valence-corrected chi connectivity index (χ1v) is 6.56. The number of nitrogens with two attached hydrogens (primary N) is 1. The first-order chi connectivity index (χ1) is 9.65. The lowest BCUT2D eigenvalue weighted by atomic mass is 10.1. The first-order valence-electron chi connectivity index (χ1n) is 6.56. The Balaban J connectivity index is 1.67. The summed E-state index contributed by atoms with van der Waals surface area (Å²) in [6, 6.07) is 13.9. The number of anilines is 2. The summed E-state index contributed by atoms with van der Waals surface area (Å²) >= 11 is 0. The molecule has 0 aliphatic heterocycles.